The first-order valence-corrected chi connectivity index (χ1v) is 9.80. The van der Waals surface area contributed by atoms with Crippen LogP contribution in [0.15, 0.2) is 57.9 Å². The molecular weight excluding hydrogens is 382 g/mol. The van der Waals surface area contributed by atoms with Gasteiger partial charge in [-0.1, -0.05) is 23.7 Å². The fourth-order valence-corrected chi connectivity index (χ4v) is 3.75. The number of fused-ring (bicyclic) bond motifs is 1. The Morgan fingerprint density at radius 3 is 2.67 bits per heavy atom. The van der Waals surface area contributed by atoms with E-state index < -0.39 is 0 Å². The molecule has 0 N–H and O–H groups in total. The third-order valence-electron chi connectivity index (χ3n) is 3.91. The highest BCUT2D eigenvalue weighted by Crippen LogP contribution is 2.32. The van der Waals surface area contributed by atoms with Crippen molar-refractivity contribution in [1.82, 2.24) is 4.68 Å². The zero-order valence-corrected chi connectivity index (χ0v) is 16.5. The first-order valence-electron chi connectivity index (χ1n) is 8.54. The van der Waals surface area contributed by atoms with Gasteiger partial charge in [0.05, 0.1) is 11.9 Å². The molecule has 0 radical (unpaired) electrons. The van der Waals surface area contributed by atoms with Crippen molar-refractivity contribution in [2.75, 3.05) is 6.79 Å². The molecule has 3 aromatic rings. The van der Waals surface area contributed by atoms with Crippen LogP contribution in [0.4, 0.5) is 0 Å². The Hall–Kier alpha value is -2.57. The van der Waals surface area contributed by atoms with Gasteiger partial charge >= 0.3 is 0 Å². The molecular formula is C20H18ClN3O2S. The van der Waals surface area contributed by atoms with E-state index in [4.69, 9.17) is 31.2 Å². The monoisotopic (exact) mass is 399 g/mol. The van der Waals surface area contributed by atoms with E-state index in [0.29, 0.717) is 5.02 Å². The smallest absolute Gasteiger partial charge is 0.231 e. The minimum absolute atomic E-state index is 0.175. The van der Waals surface area contributed by atoms with Gasteiger partial charge in [-0.05, 0) is 49.7 Å². The van der Waals surface area contributed by atoms with Crippen molar-refractivity contribution >= 4 is 29.2 Å². The van der Waals surface area contributed by atoms with E-state index in [1.807, 2.05) is 61.0 Å². The van der Waals surface area contributed by atoms with Crippen LogP contribution in [-0.4, -0.2) is 23.7 Å². The van der Waals surface area contributed by atoms with Crippen LogP contribution in [0.3, 0.4) is 0 Å². The maximum Gasteiger partial charge on any atom is 0.231 e. The third kappa shape index (κ3) is 3.91. The van der Waals surface area contributed by atoms with Crippen LogP contribution in [0.5, 0.6) is 11.5 Å². The number of nitrogens with zero attached hydrogens (tertiary/aromatic N) is 3. The third-order valence-corrected chi connectivity index (χ3v) is 5.00. The molecule has 1 aromatic heterocycles. The minimum Gasteiger partial charge on any atom is -0.454 e. The maximum absolute atomic E-state index is 6.03. The van der Waals surface area contributed by atoms with Crippen LogP contribution in [0.25, 0.3) is 11.3 Å². The Bertz CT molecular complexity index is 1050. The summed E-state index contributed by atoms with van der Waals surface area (Å²) in [4.78, 5) is 5.53. The van der Waals surface area contributed by atoms with E-state index in [0.717, 1.165) is 33.1 Å². The molecule has 0 unspecified atom stereocenters. The van der Waals surface area contributed by atoms with Crippen molar-refractivity contribution in [1.29, 1.82) is 0 Å². The molecule has 1 aliphatic heterocycles. The summed E-state index contributed by atoms with van der Waals surface area (Å²) >= 11 is 7.59. The second-order valence-corrected chi connectivity index (χ2v) is 7.58. The van der Waals surface area contributed by atoms with Crippen LogP contribution in [0.1, 0.15) is 19.4 Å². The molecule has 0 atom stereocenters. The van der Waals surface area contributed by atoms with Crippen LogP contribution in [0, 0.1) is 0 Å². The summed E-state index contributed by atoms with van der Waals surface area (Å²) in [5, 5.41) is 7.45. The van der Waals surface area contributed by atoms with Gasteiger partial charge in [0.25, 0.3) is 0 Å². The quantitative estimate of drug-likeness (QED) is 0.592. The first kappa shape index (κ1) is 17.8. The Kier molecular flexibility index (Phi) is 5.01. The molecule has 2 heterocycles. The number of hydrogen-bond acceptors (Lipinski definition) is 5. The summed E-state index contributed by atoms with van der Waals surface area (Å²) in [5.74, 6) is 1.49. The number of ether oxygens (including phenoxy) is 2. The van der Waals surface area contributed by atoms with Gasteiger partial charge in [0.2, 0.25) is 11.6 Å². The zero-order chi connectivity index (χ0) is 18.8. The number of rotatable bonds is 4. The van der Waals surface area contributed by atoms with Gasteiger partial charge in [0.1, 0.15) is 0 Å². The van der Waals surface area contributed by atoms with Gasteiger partial charge in [-0.2, -0.15) is 5.10 Å². The standard InChI is InChI=1S/C20H18ClN3O2S/c1-13(2)23-20-24(17(11-27-20)15-4-6-16(21)7-5-15)22-10-14-3-8-18-19(9-14)26-12-25-18/h3-11,13H,12H2,1-2H3. The van der Waals surface area contributed by atoms with Crippen LogP contribution in [0.2, 0.25) is 5.02 Å². The van der Waals surface area contributed by atoms with Gasteiger partial charge in [-0.3, -0.25) is 4.99 Å². The van der Waals surface area contributed by atoms with Crippen LogP contribution >= 0.6 is 22.9 Å². The van der Waals surface area contributed by atoms with Crippen molar-refractivity contribution in [3.8, 4) is 22.8 Å². The Labute approximate surface area is 166 Å². The van der Waals surface area contributed by atoms with E-state index in [1.165, 1.54) is 0 Å². The molecule has 5 nitrogen and oxygen atoms in total. The second-order valence-electron chi connectivity index (χ2n) is 6.30. The van der Waals surface area contributed by atoms with E-state index >= 15 is 0 Å². The van der Waals surface area contributed by atoms with Crippen LogP contribution in [-0.2, 0) is 0 Å². The Balaban J connectivity index is 1.75. The van der Waals surface area contributed by atoms with Gasteiger partial charge in [-0.15, -0.1) is 11.3 Å². The topological polar surface area (TPSA) is 48.1 Å². The summed E-state index contributed by atoms with van der Waals surface area (Å²) in [6, 6.07) is 13.6. The molecule has 2 aromatic carbocycles. The van der Waals surface area contributed by atoms with Gasteiger partial charge in [-0.25, -0.2) is 4.68 Å². The van der Waals surface area contributed by atoms with E-state index in [9.17, 15) is 0 Å². The highest BCUT2D eigenvalue weighted by Gasteiger charge is 2.13. The number of thiazole rings is 1. The number of hydrogen-bond donors (Lipinski definition) is 0. The summed E-state index contributed by atoms with van der Waals surface area (Å²) in [5.41, 5.74) is 2.92. The SMILES string of the molecule is CC(C)N=c1scc(-c2ccc(Cl)cc2)n1N=Cc1ccc2c(c1)OCO2. The van der Waals surface area contributed by atoms with E-state index in [-0.39, 0.29) is 12.8 Å². The molecule has 0 amide bonds. The molecule has 4 rings (SSSR count). The summed E-state index contributed by atoms with van der Waals surface area (Å²) in [6.45, 7) is 4.36. The first-order chi connectivity index (χ1) is 13.1. The lowest BCUT2D eigenvalue weighted by Crippen LogP contribution is -2.14. The highest BCUT2D eigenvalue weighted by molar-refractivity contribution is 7.07. The molecule has 138 valence electrons. The average Bonchev–Trinajstić information content (AvgIpc) is 3.26. The lowest BCUT2D eigenvalue weighted by molar-refractivity contribution is 0.174. The molecule has 27 heavy (non-hydrogen) atoms. The lowest BCUT2D eigenvalue weighted by Gasteiger charge is -2.05. The van der Waals surface area contributed by atoms with Crippen molar-refractivity contribution in [3.05, 3.63) is 63.2 Å². The number of halogens is 1. The molecule has 0 aliphatic carbocycles. The maximum atomic E-state index is 6.03. The normalized spacial score (nSPS) is 13.9. The average molecular weight is 400 g/mol. The molecule has 0 bridgehead atoms. The largest absolute Gasteiger partial charge is 0.454 e. The summed E-state index contributed by atoms with van der Waals surface area (Å²) in [7, 11) is 0. The molecule has 1 aliphatic rings. The Morgan fingerprint density at radius 2 is 1.89 bits per heavy atom. The predicted molar refractivity (Wildman–Crippen MR) is 109 cm³/mol. The molecule has 7 heteroatoms. The second kappa shape index (κ2) is 7.58. The van der Waals surface area contributed by atoms with E-state index in [1.54, 1.807) is 17.6 Å². The number of benzene rings is 2. The van der Waals surface area contributed by atoms with Gasteiger partial charge in [0.15, 0.2) is 11.5 Å². The predicted octanol–water partition coefficient (Wildman–Crippen LogP) is 4.79. The summed E-state index contributed by atoms with van der Waals surface area (Å²) < 4.78 is 12.7. The highest BCUT2D eigenvalue weighted by atomic mass is 35.5. The molecule has 0 fully saturated rings. The molecule has 0 saturated carbocycles. The van der Waals surface area contributed by atoms with Gasteiger partial charge < -0.3 is 9.47 Å². The number of aromatic nitrogens is 1. The summed E-state index contributed by atoms with van der Waals surface area (Å²) in [6.07, 6.45) is 1.80. The zero-order valence-electron chi connectivity index (χ0n) is 14.9. The molecule has 0 saturated heterocycles. The van der Waals surface area contributed by atoms with E-state index in [2.05, 4.69) is 5.38 Å². The Morgan fingerprint density at radius 1 is 1.11 bits per heavy atom. The van der Waals surface area contributed by atoms with Crippen molar-refractivity contribution in [2.24, 2.45) is 10.1 Å². The van der Waals surface area contributed by atoms with Crippen molar-refractivity contribution in [3.63, 3.8) is 0 Å². The fraction of sp³-hybridized carbons (Fsp3) is 0.200. The lowest BCUT2D eigenvalue weighted by atomic mass is 10.2. The van der Waals surface area contributed by atoms with Crippen molar-refractivity contribution in [2.45, 2.75) is 19.9 Å². The molecule has 0 spiro atoms. The fourth-order valence-electron chi connectivity index (χ4n) is 2.66. The van der Waals surface area contributed by atoms with Gasteiger partial charge in [0, 0.05) is 22.0 Å². The minimum atomic E-state index is 0.175. The van der Waals surface area contributed by atoms with Crippen LogP contribution < -0.4 is 14.3 Å². The van der Waals surface area contributed by atoms with Crippen molar-refractivity contribution < 1.29 is 9.47 Å².